The summed E-state index contributed by atoms with van der Waals surface area (Å²) in [6.45, 7) is 1.94. The van der Waals surface area contributed by atoms with Crippen LogP contribution >= 0.6 is 0 Å². The van der Waals surface area contributed by atoms with Gasteiger partial charge in [0.15, 0.2) is 0 Å². The van der Waals surface area contributed by atoms with Crippen molar-refractivity contribution < 1.29 is 9.90 Å². The number of carboxylic acids is 1. The predicted molar refractivity (Wildman–Crippen MR) is 77.2 cm³/mol. The Morgan fingerprint density at radius 3 is 2.65 bits per heavy atom. The van der Waals surface area contributed by atoms with Crippen LogP contribution in [0.15, 0.2) is 48.7 Å². The Hall–Kier alpha value is -2.36. The summed E-state index contributed by atoms with van der Waals surface area (Å²) < 4.78 is 0. The summed E-state index contributed by atoms with van der Waals surface area (Å²) in [6.07, 6.45) is 2.77. The van der Waals surface area contributed by atoms with E-state index >= 15 is 0 Å². The number of nitrogens with zero attached hydrogens (tertiary/aromatic N) is 2. The maximum Gasteiger partial charge on any atom is 0.354 e. The smallest absolute Gasteiger partial charge is 0.354 e. The first-order valence-electron chi connectivity index (χ1n) is 6.73. The van der Waals surface area contributed by atoms with Gasteiger partial charge in [-0.15, -0.1) is 0 Å². The van der Waals surface area contributed by atoms with Crippen LogP contribution in [0.1, 0.15) is 28.4 Å². The molecule has 2 aromatic rings. The Morgan fingerprint density at radius 1 is 1.20 bits per heavy atom. The van der Waals surface area contributed by atoms with Crippen molar-refractivity contribution in [3.8, 4) is 0 Å². The molecule has 1 aromatic carbocycles. The Labute approximate surface area is 117 Å². The average Bonchev–Trinajstić information content (AvgIpc) is 2.98. The lowest BCUT2D eigenvalue weighted by molar-refractivity contribution is 0.0690. The fraction of sp³-hybridized carbons (Fsp3) is 0.250. The molecule has 1 aliphatic heterocycles. The molecule has 4 nitrogen and oxygen atoms in total. The maximum absolute atomic E-state index is 10.8. The van der Waals surface area contributed by atoms with E-state index in [0.717, 1.165) is 25.2 Å². The molecule has 1 aromatic heterocycles. The number of carboxylic acid groups (broad SMARTS) is 1. The van der Waals surface area contributed by atoms with Crippen molar-refractivity contribution in [3.63, 3.8) is 0 Å². The summed E-state index contributed by atoms with van der Waals surface area (Å²) in [5.41, 5.74) is 2.45. The fourth-order valence-corrected chi connectivity index (χ4v) is 2.69. The molecule has 0 saturated carbocycles. The van der Waals surface area contributed by atoms with Gasteiger partial charge in [0.2, 0.25) is 0 Å². The first-order valence-corrected chi connectivity index (χ1v) is 6.73. The minimum absolute atomic E-state index is 0.0903. The monoisotopic (exact) mass is 268 g/mol. The van der Waals surface area contributed by atoms with Crippen LogP contribution in [0.3, 0.4) is 0 Å². The van der Waals surface area contributed by atoms with Gasteiger partial charge in [0.25, 0.3) is 0 Å². The molecule has 102 valence electrons. The molecule has 0 spiro atoms. The van der Waals surface area contributed by atoms with E-state index in [1.165, 1.54) is 5.56 Å². The molecule has 3 rings (SSSR count). The highest BCUT2D eigenvalue weighted by molar-refractivity contribution is 5.85. The molecule has 20 heavy (non-hydrogen) atoms. The molecule has 1 N–H and O–H groups in total. The summed E-state index contributed by atoms with van der Waals surface area (Å²) >= 11 is 0. The van der Waals surface area contributed by atoms with Crippen molar-refractivity contribution in [2.75, 3.05) is 18.0 Å². The van der Waals surface area contributed by atoms with Crippen LogP contribution in [0.5, 0.6) is 0 Å². The molecule has 1 fully saturated rings. The molecule has 0 radical (unpaired) electrons. The maximum atomic E-state index is 10.8. The number of benzene rings is 1. The Kier molecular flexibility index (Phi) is 3.37. The molecular formula is C16H16N2O2. The summed E-state index contributed by atoms with van der Waals surface area (Å²) in [5.74, 6) is -0.449. The molecule has 1 aliphatic rings. The highest BCUT2D eigenvalue weighted by Crippen LogP contribution is 2.30. The van der Waals surface area contributed by atoms with E-state index in [-0.39, 0.29) is 5.69 Å². The third-order valence-corrected chi connectivity index (χ3v) is 3.79. The summed E-state index contributed by atoms with van der Waals surface area (Å²) in [5, 5.41) is 8.86. The number of aromatic carboxylic acids is 1. The van der Waals surface area contributed by atoms with E-state index in [2.05, 4.69) is 34.1 Å². The second-order valence-electron chi connectivity index (χ2n) is 5.05. The lowest BCUT2D eigenvalue weighted by Crippen LogP contribution is -2.19. The minimum atomic E-state index is -0.986. The largest absolute Gasteiger partial charge is 0.477 e. The van der Waals surface area contributed by atoms with Crippen LogP contribution < -0.4 is 4.90 Å². The second kappa shape index (κ2) is 5.33. The molecule has 2 heterocycles. The molecule has 1 saturated heterocycles. The summed E-state index contributed by atoms with van der Waals surface area (Å²) in [4.78, 5) is 17.0. The summed E-state index contributed by atoms with van der Waals surface area (Å²) in [6, 6.07) is 13.9. The number of carbonyl (C=O) groups is 1. The van der Waals surface area contributed by atoms with E-state index in [1.807, 2.05) is 12.1 Å². The van der Waals surface area contributed by atoms with Gasteiger partial charge in [-0.25, -0.2) is 9.78 Å². The van der Waals surface area contributed by atoms with Gasteiger partial charge in [0, 0.05) is 19.0 Å². The first-order chi connectivity index (χ1) is 9.74. The van der Waals surface area contributed by atoms with Gasteiger partial charge in [-0.1, -0.05) is 30.3 Å². The standard InChI is InChI=1S/C16H16N2O2/c19-16(20)15-7-6-14(10-17-15)18-9-8-13(11-18)12-4-2-1-3-5-12/h1-7,10,13H,8-9,11H2,(H,19,20). The van der Waals surface area contributed by atoms with E-state index in [9.17, 15) is 4.79 Å². The molecule has 1 atom stereocenters. The van der Waals surface area contributed by atoms with E-state index in [0.29, 0.717) is 5.92 Å². The van der Waals surface area contributed by atoms with Crippen LogP contribution in [-0.4, -0.2) is 29.1 Å². The Bertz CT molecular complexity index is 596. The zero-order valence-electron chi connectivity index (χ0n) is 11.1. The van der Waals surface area contributed by atoms with E-state index in [1.54, 1.807) is 12.3 Å². The normalized spacial score (nSPS) is 18.2. The molecule has 0 bridgehead atoms. The number of pyridine rings is 1. The number of hydrogen-bond donors (Lipinski definition) is 1. The third-order valence-electron chi connectivity index (χ3n) is 3.79. The van der Waals surface area contributed by atoms with Crippen LogP contribution in [0.25, 0.3) is 0 Å². The van der Waals surface area contributed by atoms with Gasteiger partial charge in [-0.3, -0.25) is 0 Å². The molecule has 0 amide bonds. The fourth-order valence-electron chi connectivity index (χ4n) is 2.69. The van der Waals surface area contributed by atoms with Crippen molar-refractivity contribution in [1.29, 1.82) is 0 Å². The molecule has 4 heteroatoms. The van der Waals surface area contributed by atoms with Crippen molar-refractivity contribution in [3.05, 3.63) is 59.9 Å². The topological polar surface area (TPSA) is 53.4 Å². The number of hydrogen-bond acceptors (Lipinski definition) is 3. The lowest BCUT2D eigenvalue weighted by Gasteiger charge is -2.18. The van der Waals surface area contributed by atoms with E-state index in [4.69, 9.17) is 5.11 Å². The van der Waals surface area contributed by atoms with Gasteiger partial charge >= 0.3 is 5.97 Å². The average molecular weight is 268 g/mol. The zero-order chi connectivity index (χ0) is 13.9. The highest BCUT2D eigenvalue weighted by Gasteiger charge is 2.24. The second-order valence-corrected chi connectivity index (χ2v) is 5.05. The van der Waals surface area contributed by atoms with Crippen molar-refractivity contribution in [2.45, 2.75) is 12.3 Å². The SMILES string of the molecule is O=C(O)c1ccc(N2CCC(c3ccccc3)C2)cn1. The van der Waals surface area contributed by atoms with Gasteiger partial charge in [-0.2, -0.15) is 0 Å². The van der Waals surface area contributed by atoms with Crippen molar-refractivity contribution >= 4 is 11.7 Å². The van der Waals surface area contributed by atoms with Gasteiger partial charge in [-0.05, 0) is 24.1 Å². The molecular weight excluding hydrogens is 252 g/mol. The van der Waals surface area contributed by atoms with Crippen LogP contribution in [0.2, 0.25) is 0 Å². The quantitative estimate of drug-likeness (QED) is 0.930. The minimum Gasteiger partial charge on any atom is -0.477 e. The Morgan fingerprint density at radius 2 is 2.00 bits per heavy atom. The van der Waals surface area contributed by atoms with Gasteiger partial charge in [0.1, 0.15) is 5.69 Å². The Balaban J connectivity index is 1.72. The number of aromatic nitrogens is 1. The van der Waals surface area contributed by atoms with E-state index < -0.39 is 5.97 Å². The van der Waals surface area contributed by atoms with Gasteiger partial charge < -0.3 is 10.0 Å². The summed E-state index contributed by atoms with van der Waals surface area (Å²) in [7, 11) is 0. The highest BCUT2D eigenvalue weighted by atomic mass is 16.4. The van der Waals surface area contributed by atoms with Crippen LogP contribution in [0, 0.1) is 0 Å². The lowest BCUT2D eigenvalue weighted by atomic mass is 9.99. The van der Waals surface area contributed by atoms with Crippen LogP contribution in [-0.2, 0) is 0 Å². The first kappa shape index (κ1) is 12.7. The molecule has 1 unspecified atom stereocenters. The predicted octanol–water partition coefficient (Wildman–Crippen LogP) is 2.77. The van der Waals surface area contributed by atoms with Crippen LogP contribution in [0.4, 0.5) is 5.69 Å². The van der Waals surface area contributed by atoms with Crippen molar-refractivity contribution in [2.24, 2.45) is 0 Å². The van der Waals surface area contributed by atoms with Crippen molar-refractivity contribution in [1.82, 2.24) is 4.98 Å². The van der Waals surface area contributed by atoms with Gasteiger partial charge in [0.05, 0.1) is 11.9 Å². The number of anilines is 1. The molecule has 0 aliphatic carbocycles. The number of rotatable bonds is 3. The zero-order valence-corrected chi connectivity index (χ0v) is 11.1. The third kappa shape index (κ3) is 2.50.